The Hall–Kier alpha value is -4.05. The maximum absolute atomic E-state index is 14.1. The molecule has 9 nitrogen and oxygen atoms in total. The van der Waals surface area contributed by atoms with Gasteiger partial charge in [-0.1, -0.05) is 43.2 Å². The average Bonchev–Trinajstić information content (AvgIpc) is 3.52. The highest BCUT2D eigenvalue weighted by atomic mass is 32.2. The Balaban J connectivity index is 1.66. The molecule has 0 radical (unpaired) electrons. The molecule has 0 heterocycles. The zero-order chi connectivity index (χ0) is 30.1. The van der Waals surface area contributed by atoms with E-state index in [2.05, 4.69) is 5.32 Å². The Bertz CT molecular complexity index is 1440. The molecule has 1 saturated carbocycles. The van der Waals surface area contributed by atoms with Gasteiger partial charge >= 0.3 is 0 Å². The van der Waals surface area contributed by atoms with Gasteiger partial charge in [-0.2, -0.15) is 0 Å². The van der Waals surface area contributed by atoms with Crippen LogP contribution in [0.4, 0.5) is 5.69 Å². The van der Waals surface area contributed by atoms with Crippen LogP contribution in [0.3, 0.4) is 0 Å². The fourth-order valence-electron chi connectivity index (χ4n) is 5.07. The highest BCUT2D eigenvalue weighted by Gasteiger charge is 2.33. The van der Waals surface area contributed by atoms with Crippen molar-refractivity contribution in [3.05, 3.63) is 84.4 Å². The van der Waals surface area contributed by atoms with Gasteiger partial charge in [-0.05, 0) is 80.8 Å². The fraction of sp³-hybridized carbons (Fsp3) is 0.375. The van der Waals surface area contributed by atoms with Gasteiger partial charge < -0.3 is 19.7 Å². The van der Waals surface area contributed by atoms with E-state index >= 15 is 0 Å². The quantitative estimate of drug-likeness (QED) is 0.306. The van der Waals surface area contributed by atoms with Crippen LogP contribution in [-0.4, -0.2) is 57.5 Å². The normalized spacial score (nSPS) is 14.2. The van der Waals surface area contributed by atoms with Crippen LogP contribution in [0.1, 0.15) is 45.1 Å². The van der Waals surface area contributed by atoms with E-state index in [9.17, 15) is 18.0 Å². The first-order valence-electron chi connectivity index (χ1n) is 14.3. The second kappa shape index (κ2) is 14.2. The van der Waals surface area contributed by atoms with E-state index in [-0.39, 0.29) is 23.4 Å². The lowest BCUT2D eigenvalue weighted by Crippen LogP contribution is -2.52. The largest absolute Gasteiger partial charge is 0.497 e. The summed E-state index contributed by atoms with van der Waals surface area (Å²) in [4.78, 5) is 28.9. The number of carbonyl (C=O) groups excluding carboxylic acids is 2. The number of methoxy groups -OCH3 is 1. The molecule has 0 aromatic heterocycles. The molecule has 42 heavy (non-hydrogen) atoms. The summed E-state index contributed by atoms with van der Waals surface area (Å²) in [6.45, 7) is 3.58. The molecule has 0 saturated heterocycles. The molecule has 1 N–H and O–H groups in total. The Morgan fingerprint density at radius 3 is 2.29 bits per heavy atom. The second-order valence-electron chi connectivity index (χ2n) is 10.3. The van der Waals surface area contributed by atoms with E-state index in [1.165, 1.54) is 17.0 Å². The zero-order valence-electron chi connectivity index (χ0n) is 24.4. The molecule has 1 aliphatic carbocycles. The number of amides is 2. The van der Waals surface area contributed by atoms with Crippen molar-refractivity contribution in [2.24, 2.45) is 0 Å². The van der Waals surface area contributed by atoms with Crippen molar-refractivity contribution in [1.29, 1.82) is 0 Å². The van der Waals surface area contributed by atoms with Crippen molar-refractivity contribution >= 4 is 27.5 Å². The first-order valence-corrected chi connectivity index (χ1v) is 15.7. The first-order chi connectivity index (χ1) is 20.2. The molecule has 3 aromatic rings. The molecule has 0 aliphatic heterocycles. The van der Waals surface area contributed by atoms with Gasteiger partial charge in [-0.3, -0.25) is 13.9 Å². The lowest BCUT2D eigenvalue weighted by molar-refractivity contribution is -0.139. The average molecular weight is 594 g/mol. The van der Waals surface area contributed by atoms with Crippen LogP contribution in [0.25, 0.3) is 0 Å². The molecule has 0 bridgehead atoms. The first kappa shape index (κ1) is 30.9. The van der Waals surface area contributed by atoms with Crippen molar-refractivity contribution in [2.75, 3.05) is 24.6 Å². The third-order valence-corrected chi connectivity index (χ3v) is 9.19. The van der Waals surface area contributed by atoms with Gasteiger partial charge in [0.25, 0.3) is 10.0 Å². The molecule has 224 valence electrons. The van der Waals surface area contributed by atoms with Crippen LogP contribution in [-0.2, 0) is 26.2 Å². The molecule has 1 aliphatic rings. The predicted molar refractivity (Wildman–Crippen MR) is 162 cm³/mol. The number of anilines is 1. The van der Waals surface area contributed by atoms with Crippen LogP contribution in [0.15, 0.2) is 83.8 Å². The second-order valence-corrected chi connectivity index (χ2v) is 12.2. The molecule has 0 spiro atoms. The number of hydrogen-bond acceptors (Lipinski definition) is 6. The molecule has 1 fully saturated rings. The number of benzene rings is 3. The molecular weight excluding hydrogens is 554 g/mol. The maximum Gasteiger partial charge on any atom is 0.264 e. The molecule has 1 atom stereocenters. The molecule has 10 heteroatoms. The van der Waals surface area contributed by atoms with Gasteiger partial charge in [0.1, 0.15) is 24.1 Å². The number of para-hydroxylation sites is 1. The Kier molecular flexibility index (Phi) is 10.5. The minimum Gasteiger partial charge on any atom is -0.497 e. The number of nitrogens with zero attached hydrogens (tertiary/aromatic N) is 2. The maximum atomic E-state index is 14.1. The van der Waals surface area contributed by atoms with Crippen LogP contribution in [0.5, 0.6) is 11.5 Å². The summed E-state index contributed by atoms with van der Waals surface area (Å²) in [7, 11) is -2.59. The SMILES string of the molecule is CCOc1ccc(S(=O)(=O)N(CC(=O)N(Cc2cccc(OC)c2)C(C)C(=O)NC2CCCC2)c2ccccc2)cc1. The van der Waals surface area contributed by atoms with E-state index in [4.69, 9.17) is 9.47 Å². The molecule has 2 amide bonds. The van der Waals surface area contributed by atoms with Crippen molar-refractivity contribution in [3.8, 4) is 11.5 Å². The van der Waals surface area contributed by atoms with E-state index < -0.39 is 28.5 Å². The summed E-state index contributed by atoms with van der Waals surface area (Å²) in [6, 6.07) is 21.1. The number of sulfonamides is 1. The number of carbonyl (C=O) groups is 2. The standard InChI is InChI=1S/C32H39N3O6S/c1-4-41-28-17-19-30(20-18-28)42(38,39)35(27-14-6-5-7-15-27)23-31(36)34(22-25-11-10-16-29(21-25)40-3)24(2)32(37)33-26-12-8-9-13-26/h5-7,10-11,14-21,24,26H,4,8-9,12-13,22-23H2,1-3H3,(H,33,37). The summed E-state index contributed by atoms with van der Waals surface area (Å²) in [5.41, 5.74) is 1.09. The van der Waals surface area contributed by atoms with Crippen LogP contribution in [0, 0.1) is 0 Å². The Labute approximate surface area is 248 Å². The summed E-state index contributed by atoms with van der Waals surface area (Å²) in [5, 5.41) is 3.08. The monoisotopic (exact) mass is 593 g/mol. The summed E-state index contributed by atoms with van der Waals surface area (Å²) < 4.78 is 39.8. The molecule has 4 rings (SSSR count). The molecular formula is C32H39N3O6S. The van der Waals surface area contributed by atoms with Gasteiger partial charge in [-0.15, -0.1) is 0 Å². The fourth-order valence-corrected chi connectivity index (χ4v) is 6.48. The highest BCUT2D eigenvalue weighted by Crippen LogP contribution is 2.26. The lowest BCUT2D eigenvalue weighted by Gasteiger charge is -2.32. The van der Waals surface area contributed by atoms with E-state index in [0.29, 0.717) is 23.8 Å². The highest BCUT2D eigenvalue weighted by molar-refractivity contribution is 7.92. The minimum absolute atomic E-state index is 0.0222. The number of nitrogens with one attached hydrogen (secondary N) is 1. The van der Waals surface area contributed by atoms with Gasteiger partial charge in [0.2, 0.25) is 11.8 Å². The van der Waals surface area contributed by atoms with Crippen molar-refractivity contribution in [1.82, 2.24) is 10.2 Å². The number of ether oxygens (including phenoxy) is 2. The molecule has 3 aromatic carbocycles. The van der Waals surface area contributed by atoms with E-state index in [0.717, 1.165) is 35.6 Å². The summed E-state index contributed by atoms with van der Waals surface area (Å²) >= 11 is 0. The third-order valence-electron chi connectivity index (χ3n) is 7.40. The van der Waals surface area contributed by atoms with E-state index in [1.807, 2.05) is 19.1 Å². The van der Waals surface area contributed by atoms with Crippen LogP contribution < -0.4 is 19.1 Å². The van der Waals surface area contributed by atoms with Crippen molar-refractivity contribution in [3.63, 3.8) is 0 Å². The van der Waals surface area contributed by atoms with Crippen LogP contribution >= 0.6 is 0 Å². The summed E-state index contributed by atoms with van der Waals surface area (Å²) in [6.07, 6.45) is 3.93. The number of hydrogen-bond donors (Lipinski definition) is 1. The third kappa shape index (κ3) is 7.61. The van der Waals surface area contributed by atoms with Crippen molar-refractivity contribution in [2.45, 2.75) is 63.1 Å². The van der Waals surface area contributed by atoms with Crippen LogP contribution in [0.2, 0.25) is 0 Å². The lowest BCUT2D eigenvalue weighted by atomic mass is 10.1. The van der Waals surface area contributed by atoms with Gasteiger partial charge in [-0.25, -0.2) is 8.42 Å². The smallest absolute Gasteiger partial charge is 0.264 e. The zero-order valence-corrected chi connectivity index (χ0v) is 25.2. The number of rotatable bonds is 13. The Morgan fingerprint density at radius 2 is 1.64 bits per heavy atom. The van der Waals surface area contributed by atoms with E-state index in [1.54, 1.807) is 68.6 Å². The Morgan fingerprint density at radius 1 is 0.952 bits per heavy atom. The predicted octanol–water partition coefficient (Wildman–Crippen LogP) is 4.77. The van der Waals surface area contributed by atoms with Gasteiger partial charge in [0.05, 0.1) is 24.3 Å². The van der Waals surface area contributed by atoms with Gasteiger partial charge in [0.15, 0.2) is 0 Å². The summed E-state index contributed by atoms with van der Waals surface area (Å²) in [5.74, 6) is 0.390. The van der Waals surface area contributed by atoms with Crippen molar-refractivity contribution < 1.29 is 27.5 Å². The minimum atomic E-state index is -4.15. The molecule has 1 unspecified atom stereocenters. The van der Waals surface area contributed by atoms with Gasteiger partial charge in [0, 0.05) is 12.6 Å². The topological polar surface area (TPSA) is 105 Å².